The Hall–Kier alpha value is -3.32. The van der Waals surface area contributed by atoms with Gasteiger partial charge in [-0.25, -0.2) is 9.69 Å². The number of fused-ring (bicyclic) bond motifs is 1. The fraction of sp³-hybridized carbons (Fsp3) is 0.360. The lowest BCUT2D eigenvalue weighted by Crippen LogP contribution is -2.47. The number of rotatable bonds is 6. The highest BCUT2D eigenvalue weighted by Gasteiger charge is 2.48. The Morgan fingerprint density at radius 3 is 2.62 bits per heavy atom. The molecule has 166 valence electrons. The largest absolute Gasteiger partial charge is 0.454 e. The van der Waals surface area contributed by atoms with Gasteiger partial charge in [-0.2, -0.15) is 0 Å². The molecule has 2 saturated heterocycles. The van der Waals surface area contributed by atoms with E-state index in [1.54, 1.807) is 6.08 Å². The van der Waals surface area contributed by atoms with Crippen molar-refractivity contribution in [2.45, 2.75) is 25.0 Å². The zero-order chi connectivity index (χ0) is 22.1. The minimum absolute atomic E-state index is 0.174. The summed E-state index contributed by atoms with van der Waals surface area (Å²) in [6.07, 6.45) is 1.85. The van der Waals surface area contributed by atoms with E-state index in [9.17, 15) is 9.59 Å². The quantitative estimate of drug-likeness (QED) is 0.648. The third-order valence-corrected chi connectivity index (χ3v) is 6.34. The third-order valence-electron chi connectivity index (χ3n) is 6.34. The van der Waals surface area contributed by atoms with Crippen LogP contribution in [0.25, 0.3) is 0 Å². The van der Waals surface area contributed by atoms with Crippen molar-refractivity contribution in [3.8, 4) is 11.5 Å². The van der Waals surface area contributed by atoms with Crippen LogP contribution in [-0.4, -0.2) is 49.1 Å². The predicted octanol–water partition coefficient (Wildman–Crippen LogP) is 3.37. The van der Waals surface area contributed by atoms with Crippen LogP contribution in [0.4, 0.5) is 4.79 Å². The molecule has 7 heteroatoms. The van der Waals surface area contributed by atoms with Crippen LogP contribution in [-0.2, 0) is 27.1 Å². The molecule has 0 N–H and O–H groups in total. The minimum Gasteiger partial charge on any atom is -0.454 e. The van der Waals surface area contributed by atoms with Crippen molar-refractivity contribution < 1.29 is 28.5 Å². The summed E-state index contributed by atoms with van der Waals surface area (Å²) in [5.41, 5.74) is 2.03. The average molecular weight is 435 g/mol. The van der Waals surface area contributed by atoms with Gasteiger partial charge in [0.25, 0.3) is 0 Å². The predicted molar refractivity (Wildman–Crippen MR) is 115 cm³/mol. The van der Waals surface area contributed by atoms with Crippen molar-refractivity contribution in [1.82, 2.24) is 4.90 Å². The van der Waals surface area contributed by atoms with Crippen LogP contribution in [0.5, 0.6) is 11.5 Å². The highest BCUT2D eigenvalue weighted by Crippen LogP contribution is 2.37. The van der Waals surface area contributed by atoms with E-state index >= 15 is 0 Å². The zero-order valence-corrected chi connectivity index (χ0v) is 17.6. The van der Waals surface area contributed by atoms with Gasteiger partial charge in [0.15, 0.2) is 11.5 Å². The number of carbonyl (C=O) groups excluding carboxylic acids is 2. The Kier molecular flexibility index (Phi) is 5.57. The van der Waals surface area contributed by atoms with Crippen molar-refractivity contribution in [3.63, 3.8) is 0 Å². The molecular formula is C25H25NO6. The second-order valence-electron chi connectivity index (χ2n) is 8.32. The number of imide groups is 1. The van der Waals surface area contributed by atoms with Gasteiger partial charge in [0.05, 0.1) is 24.7 Å². The Morgan fingerprint density at radius 1 is 1.00 bits per heavy atom. The lowest BCUT2D eigenvalue weighted by Gasteiger charge is -2.27. The molecule has 2 aromatic carbocycles. The SMILES string of the molecule is C=C[C@H]1CO[C@@H](Cc2ccc3c(c2)OCO3)[C@@H]1C(=O)N1C(=O)OC[C@@H]1Cc1ccccc1. The van der Waals surface area contributed by atoms with Crippen LogP contribution in [0.15, 0.2) is 61.2 Å². The molecule has 7 nitrogen and oxygen atoms in total. The van der Waals surface area contributed by atoms with E-state index in [1.807, 2.05) is 48.5 Å². The second kappa shape index (κ2) is 8.67. The van der Waals surface area contributed by atoms with Gasteiger partial charge in [-0.05, 0) is 36.1 Å². The van der Waals surface area contributed by atoms with Gasteiger partial charge in [-0.15, -0.1) is 6.58 Å². The Labute approximate surface area is 186 Å². The van der Waals surface area contributed by atoms with E-state index < -0.39 is 12.0 Å². The normalized spacial score (nSPS) is 26.2. The van der Waals surface area contributed by atoms with Crippen LogP contribution < -0.4 is 9.47 Å². The lowest BCUT2D eigenvalue weighted by atomic mass is 9.86. The first-order valence-electron chi connectivity index (χ1n) is 10.8. The number of hydrogen-bond acceptors (Lipinski definition) is 6. The first-order valence-corrected chi connectivity index (χ1v) is 10.8. The van der Waals surface area contributed by atoms with Crippen molar-refractivity contribution in [2.75, 3.05) is 20.0 Å². The molecule has 2 aromatic rings. The average Bonchev–Trinajstić information content (AvgIpc) is 3.52. The molecular weight excluding hydrogens is 410 g/mol. The number of carbonyl (C=O) groups is 2. The summed E-state index contributed by atoms with van der Waals surface area (Å²) in [4.78, 5) is 27.5. The van der Waals surface area contributed by atoms with Gasteiger partial charge in [0.1, 0.15) is 6.61 Å². The molecule has 4 atom stereocenters. The highest BCUT2D eigenvalue weighted by molar-refractivity contribution is 5.95. The molecule has 3 aliphatic rings. The number of cyclic esters (lactones) is 1. The molecule has 0 bridgehead atoms. The van der Waals surface area contributed by atoms with Gasteiger partial charge in [0, 0.05) is 5.92 Å². The lowest BCUT2D eigenvalue weighted by molar-refractivity contribution is -0.135. The summed E-state index contributed by atoms with van der Waals surface area (Å²) >= 11 is 0. The smallest absolute Gasteiger partial charge is 0.416 e. The second-order valence-corrected chi connectivity index (χ2v) is 8.32. The third kappa shape index (κ3) is 3.84. The number of hydrogen-bond donors (Lipinski definition) is 0. The van der Waals surface area contributed by atoms with Crippen molar-refractivity contribution in [3.05, 3.63) is 72.3 Å². The summed E-state index contributed by atoms with van der Waals surface area (Å²) in [5.74, 6) is 0.451. The molecule has 3 heterocycles. The molecule has 0 unspecified atom stereocenters. The van der Waals surface area contributed by atoms with Crippen LogP contribution in [0, 0.1) is 11.8 Å². The Bertz CT molecular complexity index is 1020. The monoisotopic (exact) mass is 435 g/mol. The maximum absolute atomic E-state index is 13.7. The molecule has 0 aliphatic carbocycles. The summed E-state index contributed by atoms with van der Waals surface area (Å²) < 4.78 is 22.1. The van der Waals surface area contributed by atoms with E-state index in [4.69, 9.17) is 18.9 Å². The van der Waals surface area contributed by atoms with E-state index in [2.05, 4.69) is 6.58 Å². The topological polar surface area (TPSA) is 74.3 Å². The van der Waals surface area contributed by atoms with Gasteiger partial charge in [0.2, 0.25) is 12.7 Å². The Balaban J connectivity index is 1.36. The van der Waals surface area contributed by atoms with Crippen LogP contribution in [0.2, 0.25) is 0 Å². The van der Waals surface area contributed by atoms with E-state index in [-0.39, 0.29) is 37.4 Å². The molecule has 5 rings (SSSR count). The van der Waals surface area contributed by atoms with E-state index in [0.717, 1.165) is 11.1 Å². The molecule has 2 amide bonds. The van der Waals surface area contributed by atoms with Gasteiger partial charge in [-0.1, -0.05) is 42.5 Å². The molecule has 32 heavy (non-hydrogen) atoms. The number of amides is 2. The van der Waals surface area contributed by atoms with Crippen LogP contribution in [0.3, 0.4) is 0 Å². The fourth-order valence-corrected chi connectivity index (χ4v) is 4.69. The first-order chi connectivity index (χ1) is 15.6. The van der Waals surface area contributed by atoms with Crippen molar-refractivity contribution in [2.24, 2.45) is 11.8 Å². The standard InChI is InChI=1S/C25H25NO6/c1-2-18-13-29-22(12-17-8-9-20-21(11-17)32-15-31-20)23(18)24(27)26-19(14-30-25(26)28)10-16-6-4-3-5-7-16/h2-9,11,18-19,22-23H,1,10,12-15H2/t18-,19-,22-,23+/m0/s1. The van der Waals surface area contributed by atoms with E-state index in [0.29, 0.717) is 30.9 Å². The van der Waals surface area contributed by atoms with Crippen molar-refractivity contribution in [1.29, 1.82) is 0 Å². The first kappa shape index (κ1) is 20.6. The van der Waals surface area contributed by atoms with Gasteiger partial charge >= 0.3 is 6.09 Å². The van der Waals surface area contributed by atoms with Crippen molar-refractivity contribution >= 4 is 12.0 Å². The number of benzene rings is 2. The fourth-order valence-electron chi connectivity index (χ4n) is 4.69. The molecule has 3 aliphatic heterocycles. The molecule has 0 spiro atoms. The molecule has 0 saturated carbocycles. The maximum Gasteiger partial charge on any atom is 0.416 e. The zero-order valence-electron chi connectivity index (χ0n) is 17.6. The van der Waals surface area contributed by atoms with Gasteiger partial charge < -0.3 is 18.9 Å². The summed E-state index contributed by atoms with van der Waals surface area (Å²) in [7, 11) is 0. The summed E-state index contributed by atoms with van der Waals surface area (Å²) in [5, 5.41) is 0. The van der Waals surface area contributed by atoms with Gasteiger partial charge in [-0.3, -0.25) is 4.79 Å². The number of nitrogens with zero attached hydrogens (tertiary/aromatic N) is 1. The van der Waals surface area contributed by atoms with Crippen LogP contribution >= 0.6 is 0 Å². The summed E-state index contributed by atoms with van der Waals surface area (Å²) in [6, 6.07) is 15.2. The van der Waals surface area contributed by atoms with E-state index in [1.165, 1.54) is 4.90 Å². The maximum atomic E-state index is 13.7. The van der Waals surface area contributed by atoms with Crippen LogP contribution in [0.1, 0.15) is 11.1 Å². The number of ether oxygens (including phenoxy) is 4. The Morgan fingerprint density at radius 2 is 1.81 bits per heavy atom. The summed E-state index contributed by atoms with van der Waals surface area (Å²) in [6.45, 7) is 4.68. The highest BCUT2D eigenvalue weighted by atomic mass is 16.7. The molecule has 0 aromatic heterocycles. The molecule has 0 radical (unpaired) electrons. The molecule has 2 fully saturated rings. The minimum atomic E-state index is -0.590.